The van der Waals surface area contributed by atoms with Gasteiger partial charge in [0.1, 0.15) is 11.7 Å². The van der Waals surface area contributed by atoms with Crippen molar-refractivity contribution >= 4 is 5.83 Å². The van der Waals surface area contributed by atoms with E-state index in [2.05, 4.69) is 11.6 Å². The van der Waals surface area contributed by atoms with E-state index in [9.17, 15) is 9.18 Å². The Kier molecular flexibility index (Phi) is 5.24. The summed E-state index contributed by atoms with van der Waals surface area (Å²) in [6, 6.07) is 8.57. The van der Waals surface area contributed by atoms with Gasteiger partial charge in [0, 0.05) is 0 Å². The molecule has 2 aromatic rings. The summed E-state index contributed by atoms with van der Waals surface area (Å²) in [6.45, 7) is 6.98. The minimum atomic E-state index is -0.656. The number of aryl methyl sites for hydroxylation is 1. The molecule has 0 saturated heterocycles. The number of halogens is 1. The van der Waals surface area contributed by atoms with Crippen LogP contribution in [0, 0.1) is 6.92 Å². The lowest BCUT2D eigenvalue weighted by Crippen LogP contribution is -2.31. The summed E-state index contributed by atoms with van der Waals surface area (Å²) in [5.74, 6) is -0.229. The zero-order chi connectivity index (χ0) is 17.0. The highest BCUT2D eigenvalue weighted by molar-refractivity contribution is 5.62. The van der Waals surface area contributed by atoms with Gasteiger partial charge in [-0.2, -0.15) is 0 Å². The number of allylic oxidation sites excluding steroid dienone is 2. The summed E-state index contributed by atoms with van der Waals surface area (Å²) in [5, 5.41) is 0. The predicted molar refractivity (Wildman–Crippen MR) is 91.1 cm³/mol. The Hall–Kier alpha value is -2.53. The van der Waals surface area contributed by atoms with Crippen LogP contribution < -0.4 is 11.3 Å². The van der Waals surface area contributed by atoms with Crippen LogP contribution >= 0.6 is 0 Å². The lowest BCUT2D eigenvalue weighted by molar-refractivity contribution is 0.609. The molecule has 0 aliphatic rings. The van der Waals surface area contributed by atoms with E-state index in [0.29, 0.717) is 23.6 Å². The first kappa shape index (κ1) is 16.8. The number of nitrogens with zero attached hydrogens (tertiary/aromatic N) is 2. The van der Waals surface area contributed by atoms with Crippen molar-refractivity contribution in [2.75, 3.05) is 0 Å². The molecule has 2 N–H and O–H groups in total. The van der Waals surface area contributed by atoms with Crippen LogP contribution in [-0.4, -0.2) is 9.55 Å². The van der Waals surface area contributed by atoms with Crippen molar-refractivity contribution < 1.29 is 4.39 Å². The molecule has 1 aromatic heterocycles. The fraction of sp³-hybridized carbons (Fsp3) is 0.222. The highest BCUT2D eigenvalue weighted by Gasteiger charge is 2.21. The minimum absolute atomic E-state index is 0.0687. The summed E-state index contributed by atoms with van der Waals surface area (Å²) < 4.78 is 15.7. The fourth-order valence-corrected chi connectivity index (χ4v) is 2.37. The van der Waals surface area contributed by atoms with E-state index in [0.717, 1.165) is 6.08 Å². The molecule has 1 heterocycles. The molecule has 0 amide bonds. The highest BCUT2D eigenvalue weighted by atomic mass is 19.1. The van der Waals surface area contributed by atoms with Crippen molar-refractivity contribution in [3.05, 3.63) is 76.5 Å². The summed E-state index contributed by atoms with van der Waals surface area (Å²) in [5.41, 5.74) is 6.49. The summed E-state index contributed by atoms with van der Waals surface area (Å²) in [6.07, 6.45) is 3.07. The van der Waals surface area contributed by atoms with E-state index in [1.807, 2.05) is 13.0 Å². The molecular formula is C18H20FN3O. The largest absolute Gasteiger partial charge is 0.321 e. The maximum Gasteiger partial charge on any atom is 0.268 e. The van der Waals surface area contributed by atoms with Crippen LogP contribution in [0.2, 0.25) is 0 Å². The molecule has 1 aromatic carbocycles. The third-order valence-electron chi connectivity index (χ3n) is 3.58. The van der Waals surface area contributed by atoms with Crippen LogP contribution in [0.15, 0.2) is 53.9 Å². The van der Waals surface area contributed by atoms with Gasteiger partial charge in [-0.25, -0.2) is 9.37 Å². The molecule has 0 aliphatic carbocycles. The van der Waals surface area contributed by atoms with Gasteiger partial charge in [0.15, 0.2) is 0 Å². The Labute approximate surface area is 134 Å². The number of aromatic nitrogens is 2. The first-order valence-electron chi connectivity index (χ1n) is 7.44. The third-order valence-corrected chi connectivity index (χ3v) is 3.58. The first-order valence-corrected chi connectivity index (χ1v) is 7.44. The van der Waals surface area contributed by atoms with Crippen molar-refractivity contribution in [1.29, 1.82) is 0 Å². The van der Waals surface area contributed by atoms with Gasteiger partial charge in [-0.15, -0.1) is 0 Å². The molecule has 120 valence electrons. The normalized spacial score (nSPS) is 13.0. The van der Waals surface area contributed by atoms with Crippen molar-refractivity contribution in [3.8, 4) is 5.69 Å². The van der Waals surface area contributed by atoms with Gasteiger partial charge in [-0.05, 0) is 31.6 Å². The molecule has 0 bridgehead atoms. The van der Waals surface area contributed by atoms with Crippen molar-refractivity contribution in [1.82, 2.24) is 9.55 Å². The monoisotopic (exact) mass is 313 g/mol. The van der Waals surface area contributed by atoms with Gasteiger partial charge < -0.3 is 5.73 Å². The minimum Gasteiger partial charge on any atom is -0.321 e. The van der Waals surface area contributed by atoms with Crippen molar-refractivity contribution in [3.63, 3.8) is 0 Å². The van der Waals surface area contributed by atoms with Crippen molar-refractivity contribution in [2.45, 2.75) is 26.3 Å². The molecule has 0 fully saturated rings. The van der Waals surface area contributed by atoms with E-state index in [4.69, 9.17) is 5.73 Å². The second-order valence-corrected chi connectivity index (χ2v) is 5.17. The first-order chi connectivity index (χ1) is 11.0. The average Bonchev–Trinajstić information content (AvgIpc) is 2.54. The van der Waals surface area contributed by atoms with E-state index in [1.165, 1.54) is 10.6 Å². The lowest BCUT2D eigenvalue weighted by Gasteiger charge is -2.18. The molecule has 5 heteroatoms. The standard InChI is InChI=1S/C18H20FN3O/c1-4-9-14(19)16-12(3)21-17(15(20)5-2)22(18(16)23)13-10-7-6-8-11-13/h4,6-11,15H,1,5,20H2,2-3H3/b14-9+/t15-/m0/s1. The molecular weight excluding hydrogens is 293 g/mol. The highest BCUT2D eigenvalue weighted by Crippen LogP contribution is 2.21. The Bertz CT molecular complexity index is 794. The zero-order valence-electron chi connectivity index (χ0n) is 13.3. The molecule has 0 saturated carbocycles. The fourth-order valence-electron chi connectivity index (χ4n) is 2.37. The lowest BCUT2D eigenvalue weighted by atomic mass is 10.1. The smallest absolute Gasteiger partial charge is 0.268 e. The maximum absolute atomic E-state index is 14.3. The number of hydrogen-bond acceptors (Lipinski definition) is 3. The van der Waals surface area contributed by atoms with Crippen molar-refractivity contribution in [2.24, 2.45) is 5.73 Å². The molecule has 0 aliphatic heterocycles. The number of hydrogen-bond donors (Lipinski definition) is 1. The van der Waals surface area contributed by atoms with Gasteiger partial charge in [0.2, 0.25) is 0 Å². The Balaban J connectivity index is 2.85. The average molecular weight is 313 g/mol. The second kappa shape index (κ2) is 7.15. The van der Waals surface area contributed by atoms with Crippen LogP contribution in [0.25, 0.3) is 11.5 Å². The zero-order valence-corrected chi connectivity index (χ0v) is 13.3. The van der Waals surface area contributed by atoms with E-state index < -0.39 is 17.4 Å². The number of nitrogens with two attached hydrogens (primary N) is 1. The van der Waals surface area contributed by atoms with E-state index in [1.54, 1.807) is 31.2 Å². The van der Waals surface area contributed by atoms with E-state index >= 15 is 0 Å². The van der Waals surface area contributed by atoms with Gasteiger partial charge in [0.05, 0.1) is 23.0 Å². The Morgan fingerprint density at radius 2 is 2.09 bits per heavy atom. The third kappa shape index (κ3) is 3.29. The molecule has 1 atom stereocenters. The summed E-state index contributed by atoms with van der Waals surface area (Å²) in [4.78, 5) is 17.3. The van der Waals surface area contributed by atoms with Crippen LogP contribution in [-0.2, 0) is 0 Å². The number of para-hydroxylation sites is 1. The SMILES string of the molecule is C=C/C=C(/F)c1c(C)nc([C@@H](N)CC)n(-c2ccccc2)c1=O. The van der Waals surface area contributed by atoms with Gasteiger partial charge >= 0.3 is 0 Å². The van der Waals surface area contributed by atoms with Gasteiger partial charge in [-0.3, -0.25) is 9.36 Å². The molecule has 0 unspecified atom stereocenters. The maximum atomic E-state index is 14.3. The quantitative estimate of drug-likeness (QED) is 0.860. The van der Waals surface area contributed by atoms with Crippen LogP contribution in [0.1, 0.15) is 36.5 Å². The second-order valence-electron chi connectivity index (χ2n) is 5.17. The molecule has 0 spiro atoms. The number of rotatable bonds is 5. The molecule has 0 radical (unpaired) electrons. The Morgan fingerprint density at radius 1 is 1.43 bits per heavy atom. The van der Waals surface area contributed by atoms with Crippen LogP contribution in [0.5, 0.6) is 0 Å². The topological polar surface area (TPSA) is 60.9 Å². The predicted octanol–water partition coefficient (Wildman–Crippen LogP) is 3.45. The van der Waals surface area contributed by atoms with E-state index in [-0.39, 0.29) is 5.56 Å². The van der Waals surface area contributed by atoms with Gasteiger partial charge in [-0.1, -0.05) is 37.8 Å². The van der Waals surface area contributed by atoms with Gasteiger partial charge in [0.25, 0.3) is 5.56 Å². The van der Waals surface area contributed by atoms with Crippen LogP contribution in [0.3, 0.4) is 0 Å². The molecule has 2 rings (SSSR count). The summed E-state index contributed by atoms with van der Waals surface area (Å²) >= 11 is 0. The number of benzene rings is 1. The molecule has 23 heavy (non-hydrogen) atoms. The Morgan fingerprint density at radius 3 is 2.65 bits per heavy atom. The summed E-state index contributed by atoms with van der Waals surface area (Å²) in [7, 11) is 0. The molecule has 4 nitrogen and oxygen atoms in total. The van der Waals surface area contributed by atoms with Crippen LogP contribution in [0.4, 0.5) is 4.39 Å².